The van der Waals surface area contributed by atoms with E-state index in [4.69, 9.17) is 5.26 Å². The van der Waals surface area contributed by atoms with Crippen molar-refractivity contribution in [2.75, 3.05) is 7.05 Å². The molecule has 4 heteroatoms. The largest absolute Gasteiger partial charge is 0.285 e. The summed E-state index contributed by atoms with van der Waals surface area (Å²) in [6.07, 6.45) is 0.857. The fourth-order valence-electron chi connectivity index (χ4n) is 1.35. The molecule has 14 heavy (non-hydrogen) atoms. The molecule has 1 aromatic rings. The SMILES string of the molecule is CCC(C#N)N(C)Cc1csc(C)n1. The van der Waals surface area contributed by atoms with Gasteiger partial charge in [0, 0.05) is 11.9 Å². The predicted molar refractivity (Wildman–Crippen MR) is 58.0 cm³/mol. The molecule has 0 fully saturated rings. The van der Waals surface area contributed by atoms with Crippen LogP contribution in [0, 0.1) is 18.3 Å². The van der Waals surface area contributed by atoms with Crippen LogP contribution in [0.25, 0.3) is 0 Å². The van der Waals surface area contributed by atoms with E-state index < -0.39 is 0 Å². The third-order valence-corrected chi connectivity index (χ3v) is 2.97. The summed E-state index contributed by atoms with van der Waals surface area (Å²) in [7, 11) is 1.96. The van der Waals surface area contributed by atoms with E-state index in [0.717, 1.165) is 23.7 Å². The molecule has 0 aliphatic carbocycles. The van der Waals surface area contributed by atoms with Gasteiger partial charge in [0.15, 0.2) is 0 Å². The van der Waals surface area contributed by atoms with Gasteiger partial charge in [-0.25, -0.2) is 4.98 Å². The second-order valence-electron chi connectivity index (χ2n) is 3.33. The highest BCUT2D eigenvalue weighted by Gasteiger charge is 2.12. The first-order chi connectivity index (χ1) is 6.67. The number of aromatic nitrogens is 1. The lowest BCUT2D eigenvalue weighted by atomic mass is 10.2. The van der Waals surface area contributed by atoms with Crippen LogP contribution in [0.4, 0.5) is 0 Å². The first-order valence-electron chi connectivity index (χ1n) is 4.68. The molecule has 0 aliphatic rings. The minimum absolute atomic E-state index is 0.00277. The number of aryl methyl sites for hydroxylation is 1. The lowest BCUT2D eigenvalue weighted by Crippen LogP contribution is -2.29. The zero-order chi connectivity index (χ0) is 10.6. The number of hydrogen-bond acceptors (Lipinski definition) is 4. The third kappa shape index (κ3) is 2.79. The van der Waals surface area contributed by atoms with E-state index in [2.05, 4.69) is 16.4 Å². The number of nitrogens with zero attached hydrogens (tertiary/aromatic N) is 3. The number of rotatable bonds is 4. The highest BCUT2D eigenvalue weighted by atomic mass is 32.1. The van der Waals surface area contributed by atoms with Crippen molar-refractivity contribution < 1.29 is 0 Å². The second kappa shape index (κ2) is 5.08. The Morgan fingerprint density at radius 2 is 2.43 bits per heavy atom. The lowest BCUT2D eigenvalue weighted by Gasteiger charge is -2.19. The molecule has 0 bridgehead atoms. The van der Waals surface area contributed by atoms with Crippen molar-refractivity contribution in [1.82, 2.24) is 9.88 Å². The van der Waals surface area contributed by atoms with E-state index in [1.54, 1.807) is 11.3 Å². The highest BCUT2D eigenvalue weighted by Crippen LogP contribution is 2.11. The minimum atomic E-state index is -0.00277. The molecule has 0 saturated carbocycles. The predicted octanol–water partition coefficient (Wildman–Crippen LogP) is 2.19. The van der Waals surface area contributed by atoms with Gasteiger partial charge < -0.3 is 0 Å². The van der Waals surface area contributed by atoms with Gasteiger partial charge in [-0.05, 0) is 20.4 Å². The molecular weight excluding hydrogens is 194 g/mol. The van der Waals surface area contributed by atoms with E-state index in [-0.39, 0.29) is 6.04 Å². The molecule has 1 atom stereocenters. The zero-order valence-electron chi connectivity index (χ0n) is 8.82. The fourth-order valence-corrected chi connectivity index (χ4v) is 1.95. The highest BCUT2D eigenvalue weighted by molar-refractivity contribution is 7.09. The monoisotopic (exact) mass is 209 g/mol. The molecule has 1 heterocycles. The van der Waals surface area contributed by atoms with Crippen molar-refractivity contribution in [2.45, 2.75) is 32.9 Å². The summed E-state index contributed by atoms with van der Waals surface area (Å²) in [4.78, 5) is 6.41. The van der Waals surface area contributed by atoms with Crippen LogP contribution in [0.5, 0.6) is 0 Å². The quantitative estimate of drug-likeness (QED) is 0.763. The van der Waals surface area contributed by atoms with Crippen molar-refractivity contribution in [3.05, 3.63) is 16.1 Å². The van der Waals surface area contributed by atoms with E-state index in [9.17, 15) is 0 Å². The Balaban J connectivity index is 2.56. The fraction of sp³-hybridized carbons (Fsp3) is 0.600. The summed E-state index contributed by atoms with van der Waals surface area (Å²) in [5.74, 6) is 0. The Labute approximate surface area is 89.0 Å². The second-order valence-corrected chi connectivity index (χ2v) is 4.39. The molecule has 0 spiro atoms. The van der Waals surface area contributed by atoms with Crippen molar-refractivity contribution in [2.24, 2.45) is 0 Å². The molecule has 1 unspecified atom stereocenters. The number of thiazole rings is 1. The summed E-state index contributed by atoms with van der Waals surface area (Å²) in [6.45, 7) is 4.78. The summed E-state index contributed by atoms with van der Waals surface area (Å²) in [5.41, 5.74) is 1.06. The van der Waals surface area contributed by atoms with Crippen LogP contribution in [0.2, 0.25) is 0 Å². The van der Waals surface area contributed by atoms with Gasteiger partial charge in [0.1, 0.15) is 0 Å². The first kappa shape index (κ1) is 11.2. The Bertz CT molecular complexity index is 326. The van der Waals surface area contributed by atoms with E-state index in [0.29, 0.717) is 0 Å². The van der Waals surface area contributed by atoms with Gasteiger partial charge in [0.05, 0.1) is 22.8 Å². The van der Waals surface area contributed by atoms with Crippen molar-refractivity contribution in [3.63, 3.8) is 0 Å². The standard InChI is InChI=1S/C10H15N3S/c1-4-10(5-11)13(3)6-9-7-14-8(2)12-9/h7,10H,4,6H2,1-3H3. The molecule has 1 aromatic heterocycles. The maximum absolute atomic E-state index is 8.87. The average Bonchev–Trinajstić information content (AvgIpc) is 2.53. The van der Waals surface area contributed by atoms with Gasteiger partial charge in [-0.3, -0.25) is 4.90 Å². The van der Waals surface area contributed by atoms with Crippen LogP contribution in [0.1, 0.15) is 24.0 Å². The number of nitriles is 1. The van der Waals surface area contributed by atoms with Crippen LogP contribution < -0.4 is 0 Å². The van der Waals surface area contributed by atoms with E-state index in [1.165, 1.54) is 0 Å². The van der Waals surface area contributed by atoms with E-state index in [1.807, 2.05) is 25.8 Å². The summed E-state index contributed by atoms with van der Waals surface area (Å²) in [6, 6.07) is 2.28. The zero-order valence-corrected chi connectivity index (χ0v) is 9.64. The Morgan fingerprint density at radius 3 is 2.86 bits per heavy atom. The van der Waals surface area contributed by atoms with Crippen LogP contribution in [0.3, 0.4) is 0 Å². The van der Waals surface area contributed by atoms with Crippen LogP contribution >= 0.6 is 11.3 Å². The molecule has 76 valence electrons. The van der Waals surface area contributed by atoms with E-state index >= 15 is 0 Å². The molecule has 1 rings (SSSR count). The number of hydrogen-bond donors (Lipinski definition) is 0. The molecule has 0 amide bonds. The maximum Gasteiger partial charge on any atom is 0.0976 e. The van der Waals surface area contributed by atoms with Crippen molar-refractivity contribution >= 4 is 11.3 Å². The first-order valence-corrected chi connectivity index (χ1v) is 5.56. The molecule has 3 nitrogen and oxygen atoms in total. The topological polar surface area (TPSA) is 39.9 Å². The molecule has 0 N–H and O–H groups in total. The van der Waals surface area contributed by atoms with Gasteiger partial charge in [-0.2, -0.15) is 5.26 Å². The minimum Gasteiger partial charge on any atom is -0.285 e. The molecule has 0 aromatic carbocycles. The van der Waals surface area contributed by atoms with Crippen molar-refractivity contribution in [3.8, 4) is 6.07 Å². The van der Waals surface area contributed by atoms with Crippen LogP contribution in [-0.2, 0) is 6.54 Å². The van der Waals surface area contributed by atoms with Crippen LogP contribution in [0.15, 0.2) is 5.38 Å². The van der Waals surface area contributed by atoms with Gasteiger partial charge in [0.2, 0.25) is 0 Å². The molecule has 0 saturated heterocycles. The Kier molecular flexibility index (Phi) is 4.05. The smallest absolute Gasteiger partial charge is 0.0976 e. The Hall–Kier alpha value is -0.920. The van der Waals surface area contributed by atoms with Gasteiger partial charge in [-0.15, -0.1) is 11.3 Å². The third-order valence-electron chi connectivity index (χ3n) is 2.15. The maximum atomic E-state index is 8.87. The van der Waals surface area contributed by atoms with Gasteiger partial charge in [0.25, 0.3) is 0 Å². The average molecular weight is 209 g/mol. The van der Waals surface area contributed by atoms with Crippen molar-refractivity contribution in [1.29, 1.82) is 5.26 Å². The normalized spacial score (nSPS) is 12.8. The molecule has 0 aliphatic heterocycles. The van der Waals surface area contributed by atoms with Crippen LogP contribution in [-0.4, -0.2) is 23.0 Å². The van der Waals surface area contributed by atoms with Gasteiger partial charge >= 0.3 is 0 Å². The Morgan fingerprint density at radius 1 is 1.71 bits per heavy atom. The lowest BCUT2D eigenvalue weighted by molar-refractivity contribution is 0.271. The molecular formula is C10H15N3S. The summed E-state index contributed by atoms with van der Waals surface area (Å²) in [5, 5.41) is 12.0. The molecule has 0 radical (unpaired) electrons. The van der Waals surface area contributed by atoms with Gasteiger partial charge in [-0.1, -0.05) is 6.92 Å². The summed E-state index contributed by atoms with van der Waals surface area (Å²) >= 11 is 1.65. The summed E-state index contributed by atoms with van der Waals surface area (Å²) < 4.78 is 0.